The van der Waals surface area contributed by atoms with E-state index in [4.69, 9.17) is 9.97 Å². The molecule has 0 atom stereocenters. The minimum absolute atomic E-state index is 0.183. The Morgan fingerprint density at radius 2 is 0.841 bits per heavy atom. The number of benzene rings is 9. The lowest BCUT2D eigenvalue weighted by molar-refractivity contribution is 0.668. The van der Waals surface area contributed by atoms with E-state index in [0.717, 1.165) is 44.6 Å². The van der Waals surface area contributed by atoms with Gasteiger partial charge in [-0.15, -0.1) is 0 Å². The molecule has 0 aliphatic heterocycles. The predicted molar refractivity (Wildman–Crippen MR) is 263 cm³/mol. The molecule has 9 aromatic carbocycles. The number of hydrogen-bond acceptors (Lipinski definition) is 3. The van der Waals surface area contributed by atoms with E-state index in [1.807, 2.05) is 30.5 Å². The molecule has 296 valence electrons. The summed E-state index contributed by atoms with van der Waals surface area (Å²) in [5, 5.41) is 7.42. The maximum absolute atomic E-state index is 5.28. The van der Waals surface area contributed by atoms with Crippen LogP contribution in [0.15, 0.2) is 213 Å². The van der Waals surface area contributed by atoms with Crippen LogP contribution in [0.4, 0.5) is 0 Å². The molecule has 0 fully saturated rings. The SMILES string of the molecule is CC1(C)c2c(cccc2-c2ccc(-c3ccc(-c4cc(-c5cccc(-c6cccnc6)c5)nc(-c5ccccc5)n4)c4ccccc34)c3ccccc23)-c2ccc3ccccc3c21. The van der Waals surface area contributed by atoms with E-state index in [1.165, 1.54) is 71.4 Å². The first-order chi connectivity index (χ1) is 31.0. The van der Waals surface area contributed by atoms with Crippen molar-refractivity contribution in [2.24, 2.45) is 0 Å². The van der Waals surface area contributed by atoms with Crippen LogP contribution < -0.4 is 0 Å². The van der Waals surface area contributed by atoms with Crippen molar-refractivity contribution in [3.8, 4) is 78.4 Å². The Balaban J connectivity index is 1.01. The van der Waals surface area contributed by atoms with Crippen molar-refractivity contribution in [1.29, 1.82) is 0 Å². The molecule has 0 saturated heterocycles. The van der Waals surface area contributed by atoms with Crippen LogP contribution in [0.3, 0.4) is 0 Å². The highest BCUT2D eigenvalue weighted by molar-refractivity contribution is 6.13. The van der Waals surface area contributed by atoms with Crippen LogP contribution in [0.2, 0.25) is 0 Å². The summed E-state index contributed by atoms with van der Waals surface area (Å²) in [4.78, 5) is 14.8. The van der Waals surface area contributed by atoms with Gasteiger partial charge in [0.15, 0.2) is 5.82 Å². The molecule has 11 aromatic rings. The number of aromatic nitrogens is 3. The van der Waals surface area contributed by atoms with Crippen LogP contribution in [0.25, 0.3) is 111 Å². The van der Waals surface area contributed by atoms with Crippen LogP contribution in [-0.4, -0.2) is 15.0 Å². The van der Waals surface area contributed by atoms with Crippen molar-refractivity contribution in [1.82, 2.24) is 15.0 Å². The number of rotatable bonds is 6. The molecular weight excluding hydrogens is 763 g/mol. The van der Waals surface area contributed by atoms with E-state index in [1.54, 1.807) is 6.20 Å². The largest absolute Gasteiger partial charge is 0.264 e. The Morgan fingerprint density at radius 1 is 0.333 bits per heavy atom. The lowest BCUT2D eigenvalue weighted by Gasteiger charge is -2.26. The second-order valence-corrected chi connectivity index (χ2v) is 17.1. The zero-order valence-corrected chi connectivity index (χ0v) is 35.0. The first-order valence-corrected chi connectivity index (χ1v) is 21.7. The normalized spacial score (nSPS) is 12.7. The smallest absolute Gasteiger partial charge is 0.160 e. The highest BCUT2D eigenvalue weighted by atomic mass is 14.9. The van der Waals surface area contributed by atoms with Crippen LogP contribution in [0, 0.1) is 0 Å². The van der Waals surface area contributed by atoms with Crippen molar-refractivity contribution < 1.29 is 0 Å². The van der Waals surface area contributed by atoms with Crippen LogP contribution >= 0.6 is 0 Å². The lowest BCUT2D eigenvalue weighted by Crippen LogP contribution is -2.17. The third-order valence-electron chi connectivity index (χ3n) is 13.1. The van der Waals surface area contributed by atoms with Gasteiger partial charge in [-0.25, -0.2) is 9.97 Å². The molecule has 1 aliphatic rings. The average Bonchev–Trinajstić information content (AvgIpc) is 3.60. The molecule has 2 heterocycles. The maximum atomic E-state index is 5.28. The zero-order valence-electron chi connectivity index (χ0n) is 35.0. The van der Waals surface area contributed by atoms with Gasteiger partial charge in [0.05, 0.1) is 11.4 Å². The van der Waals surface area contributed by atoms with Crippen LogP contribution in [-0.2, 0) is 5.41 Å². The number of fused-ring (bicyclic) bond motifs is 7. The van der Waals surface area contributed by atoms with Gasteiger partial charge >= 0.3 is 0 Å². The Hall–Kier alpha value is -8.01. The molecule has 0 spiro atoms. The van der Waals surface area contributed by atoms with Crippen LogP contribution in [0.1, 0.15) is 25.0 Å². The molecule has 3 heteroatoms. The fourth-order valence-electron chi connectivity index (χ4n) is 10.3. The highest BCUT2D eigenvalue weighted by Gasteiger charge is 2.39. The Kier molecular flexibility index (Phi) is 8.52. The third kappa shape index (κ3) is 6.00. The first kappa shape index (κ1) is 36.8. The van der Waals surface area contributed by atoms with E-state index in [2.05, 4.69) is 195 Å². The molecule has 0 N–H and O–H groups in total. The molecule has 1 aliphatic carbocycles. The van der Waals surface area contributed by atoms with Crippen molar-refractivity contribution in [3.63, 3.8) is 0 Å². The van der Waals surface area contributed by atoms with E-state index >= 15 is 0 Å². The molecule has 0 unspecified atom stereocenters. The Labute approximate surface area is 367 Å². The predicted octanol–water partition coefficient (Wildman–Crippen LogP) is 15.6. The first-order valence-electron chi connectivity index (χ1n) is 21.7. The van der Waals surface area contributed by atoms with E-state index in [9.17, 15) is 0 Å². The minimum atomic E-state index is -0.183. The van der Waals surface area contributed by atoms with Gasteiger partial charge in [0, 0.05) is 40.1 Å². The molecule has 0 saturated carbocycles. The number of pyridine rings is 1. The third-order valence-corrected chi connectivity index (χ3v) is 13.1. The fraction of sp³-hybridized carbons (Fsp3) is 0.0500. The summed E-state index contributed by atoms with van der Waals surface area (Å²) >= 11 is 0. The second kappa shape index (κ2) is 14.6. The van der Waals surface area contributed by atoms with Gasteiger partial charge in [0.25, 0.3) is 0 Å². The summed E-state index contributed by atoms with van der Waals surface area (Å²) in [7, 11) is 0. The summed E-state index contributed by atoms with van der Waals surface area (Å²) < 4.78 is 0. The van der Waals surface area contributed by atoms with Crippen molar-refractivity contribution in [3.05, 3.63) is 224 Å². The van der Waals surface area contributed by atoms with E-state index in [0.29, 0.717) is 5.82 Å². The minimum Gasteiger partial charge on any atom is -0.264 e. The fourth-order valence-corrected chi connectivity index (χ4v) is 10.3. The summed E-state index contributed by atoms with van der Waals surface area (Å²) in [6.45, 7) is 4.81. The molecule has 0 radical (unpaired) electrons. The molecular formula is C60H41N3. The summed E-state index contributed by atoms with van der Waals surface area (Å²) in [6, 6.07) is 72.3. The molecule has 0 amide bonds. The van der Waals surface area contributed by atoms with E-state index < -0.39 is 0 Å². The highest BCUT2D eigenvalue weighted by Crippen LogP contribution is 2.55. The molecule has 3 nitrogen and oxygen atoms in total. The van der Waals surface area contributed by atoms with Gasteiger partial charge in [0.1, 0.15) is 0 Å². The van der Waals surface area contributed by atoms with Crippen LogP contribution in [0.5, 0.6) is 0 Å². The summed E-state index contributed by atoms with van der Waals surface area (Å²) in [6.07, 6.45) is 3.71. The second-order valence-electron chi connectivity index (χ2n) is 17.1. The van der Waals surface area contributed by atoms with Gasteiger partial charge in [-0.2, -0.15) is 0 Å². The van der Waals surface area contributed by atoms with Crippen molar-refractivity contribution in [2.75, 3.05) is 0 Å². The lowest BCUT2D eigenvalue weighted by atomic mass is 9.76. The van der Waals surface area contributed by atoms with Gasteiger partial charge in [0.2, 0.25) is 0 Å². The monoisotopic (exact) mass is 803 g/mol. The molecule has 63 heavy (non-hydrogen) atoms. The van der Waals surface area contributed by atoms with Crippen molar-refractivity contribution >= 4 is 32.3 Å². The van der Waals surface area contributed by atoms with Gasteiger partial charge in [-0.05, 0) is 101 Å². The number of hydrogen-bond donors (Lipinski definition) is 0. The van der Waals surface area contributed by atoms with E-state index in [-0.39, 0.29) is 5.41 Å². The summed E-state index contributed by atoms with van der Waals surface area (Å²) in [5.74, 6) is 0.691. The molecule has 0 bridgehead atoms. The van der Waals surface area contributed by atoms with Gasteiger partial charge in [-0.1, -0.05) is 196 Å². The topological polar surface area (TPSA) is 38.7 Å². The average molecular weight is 804 g/mol. The summed E-state index contributed by atoms with van der Waals surface area (Å²) in [5.41, 5.74) is 17.2. The Bertz CT molecular complexity index is 3590. The van der Waals surface area contributed by atoms with Crippen molar-refractivity contribution in [2.45, 2.75) is 19.3 Å². The number of nitrogens with zero attached hydrogens (tertiary/aromatic N) is 3. The molecule has 12 rings (SSSR count). The van der Waals surface area contributed by atoms with Gasteiger partial charge < -0.3 is 0 Å². The maximum Gasteiger partial charge on any atom is 0.160 e. The molecule has 2 aromatic heterocycles. The quantitative estimate of drug-likeness (QED) is 0.168. The standard InChI is InChI=1S/C60H41N3/c1-60(2)57-43-21-7-6-15-38(43)28-29-54(57)53-27-13-26-52(58(53)60)50-31-30-48(44-22-8-9-23-45(44)50)49-32-33-51(47-25-11-10-24-46(47)49)56-36-55(62-59(63-56)39-16-4-3-5-17-39)41-19-12-18-40(35-41)42-20-14-34-61-37-42/h3-37H,1-2H3. The van der Waals surface area contributed by atoms with Gasteiger partial charge in [-0.3, -0.25) is 4.98 Å². The Morgan fingerprint density at radius 3 is 1.54 bits per heavy atom. The zero-order chi connectivity index (χ0) is 42.1.